The van der Waals surface area contributed by atoms with Crippen molar-refractivity contribution >= 4 is 11.6 Å². The quantitative estimate of drug-likeness (QED) is 0.576. The molecule has 1 saturated heterocycles. The van der Waals surface area contributed by atoms with Gasteiger partial charge in [-0.15, -0.1) is 0 Å². The maximum absolute atomic E-state index is 9.39. The van der Waals surface area contributed by atoms with Gasteiger partial charge in [0.15, 0.2) is 0 Å². The van der Waals surface area contributed by atoms with Gasteiger partial charge >= 0.3 is 0 Å². The number of pyridine rings is 1. The fraction of sp³-hybridized carbons (Fsp3) is 0.269. The lowest BCUT2D eigenvalue weighted by Gasteiger charge is -2.22. The molecule has 0 aliphatic carbocycles. The van der Waals surface area contributed by atoms with Gasteiger partial charge in [-0.05, 0) is 73.3 Å². The van der Waals surface area contributed by atoms with Crippen LogP contribution in [0, 0.1) is 11.8 Å². The summed E-state index contributed by atoms with van der Waals surface area (Å²) in [5, 5.41) is 10.1. The van der Waals surface area contributed by atoms with Gasteiger partial charge in [0.1, 0.15) is 18.1 Å². The molecule has 158 valence electrons. The molecule has 0 bridgehead atoms. The van der Waals surface area contributed by atoms with Crippen LogP contribution < -0.4 is 4.74 Å². The summed E-state index contributed by atoms with van der Waals surface area (Å²) in [6, 6.07) is 19.7. The predicted octanol–water partition coefficient (Wildman–Crippen LogP) is 4.64. The molecular formula is C26H25ClN2O2. The minimum absolute atomic E-state index is 0.228. The highest BCUT2D eigenvalue weighted by atomic mass is 35.5. The molecule has 1 N–H and O–H groups in total. The highest BCUT2D eigenvalue weighted by molar-refractivity contribution is 6.30. The van der Waals surface area contributed by atoms with Gasteiger partial charge in [-0.1, -0.05) is 35.7 Å². The first-order valence-corrected chi connectivity index (χ1v) is 10.9. The molecular weight excluding hydrogens is 408 g/mol. The van der Waals surface area contributed by atoms with Gasteiger partial charge in [-0.25, -0.2) is 4.98 Å². The molecule has 0 saturated carbocycles. The molecule has 2 aromatic carbocycles. The number of halogens is 1. The van der Waals surface area contributed by atoms with Gasteiger partial charge in [-0.3, -0.25) is 4.90 Å². The number of hydrogen-bond donors (Lipinski definition) is 1. The highest BCUT2D eigenvalue weighted by Gasteiger charge is 2.22. The molecule has 1 aliphatic rings. The zero-order valence-corrected chi connectivity index (χ0v) is 18.1. The van der Waals surface area contributed by atoms with Crippen molar-refractivity contribution in [2.75, 3.05) is 26.3 Å². The first-order chi connectivity index (χ1) is 15.2. The Hall–Kier alpha value is -2.84. The molecule has 5 heteroatoms. The fourth-order valence-corrected chi connectivity index (χ4v) is 3.85. The second-order valence-corrected chi connectivity index (χ2v) is 8.01. The summed E-state index contributed by atoms with van der Waals surface area (Å²) in [5.74, 6) is 7.08. The molecule has 1 aromatic heterocycles. The van der Waals surface area contributed by atoms with Crippen LogP contribution in [-0.4, -0.2) is 47.3 Å². The molecule has 0 radical (unpaired) electrons. The Morgan fingerprint density at radius 3 is 2.48 bits per heavy atom. The largest absolute Gasteiger partial charge is 0.492 e. The number of nitrogens with zero attached hydrogens (tertiary/aromatic N) is 2. The standard InChI is InChI=1S/C26H25ClN2O2/c27-23-9-6-21(7-10-23)22-8-12-24(28-18-22)11-3-20-4-13-26(14-5-20)31-17-16-29-15-1-2-25(29)19-30/h4-10,12-14,18,25,30H,1-2,15-17,19H2. The monoisotopic (exact) mass is 432 g/mol. The average molecular weight is 433 g/mol. The Kier molecular flexibility index (Phi) is 7.22. The smallest absolute Gasteiger partial charge is 0.119 e. The van der Waals surface area contributed by atoms with Gasteiger partial charge in [0.25, 0.3) is 0 Å². The molecule has 4 nitrogen and oxygen atoms in total. The molecule has 0 amide bonds. The summed E-state index contributed by atoms with van der Waals surface area (Å²) < 4.78 is 5.85. The van der Waals surface area contributed by atoms with Crippen LogP contribution in [0.15, 0.2) is 66.9 Å². The van der Waals surface area contributed by atoms with E-state index >= 15 is 0 Å². The zero-order chi connectivity index (χ0) is 21.5. The first-order valence-electron chi connectivity index (χ1n) is 10.5. The van der Waals surface area contributed by atoms with Crippen molar-refractivity contribution in [2.45, 2.75) is 18.9 Å². The maximum Gasteiger partial charge on any atom is 0.119 e. The van der Waals surface area contributed by atoms with E-state index in [4.69, 9.17) is 16.3 Å². The van der Waals surface area contributed by atoms with E-state index < -0.39 is 0 Å². The van der Waals surface area contributed by atoms with Crippen molar-refractivity contribution in [3.63, 3.8) is 0 Å². The SMILES string of the molecule is OCC1CCCN1CCOc1ccc(C#Cc2ccc(-c3ccc(Cl)cc3)cn2)cc1. The molecule has 31 heavy (non-hydrogen) atoms. The fourth-order valence-electron chi connectivity index (χ4n) is 3.73. The van der Waals surface area contributed by atoms with E-state index in [1.54, 1.807) is 0 Å². The van der Waals surface area contributed by atoms with Crippen LogP contribution in [0.3, 0.4) is 0 Å². The van der Waals surface area contributed by atoms with Crippen molar-refractivity contribution in [1.82, 2.24) is 9.88 Å². The van der Waals surface area contributed by atoms with Gasteiger partial charge < -0.3 is 9.84 Å². The second kappa shape index (κ2) is 10.5. The van der Waals surface area contributed by atoms with Gasteiger partial charge in [0, 0.05) is 34.9 Å². The van der Waals surface area contributed by atoms with E-state index in [2.05, 4.69) is 21.7 Å². The minimum Gasteiger partial charge on any atom is -0.492 e. The molecule has 1 aliphatic heterocycles. The number of benzene rings is 2. The van der Waals surface area contributed by atoms with Crippen molar-refractivity contribution < 1.29 is 9.84 Å². The Morgan fingerprint density at radius 1 is 1.00 bits per heavy atom. The van der Waals surface area contributed by atoms with Crippen molar-refractivity contribution in [3.8, 4) is 28.7 Å². The molecule has 0 spiro atoms. The normalized spacial score (nSPS) is 16.0. The van der Waals surface area contributed by atoms with Crippen LogP contribution in [0.5, 0.6) is 5.75 Å². The van der Waals surface area contributed by atoms with Gasteiger partial charge in [-0.2, -0.15) is 0 Å². The molecule has 1 atom stereocenters. The summed E-state index contributed by atoms with van der Waals surface area (Å²) in [6.07, 6.45) is 4.05. The number of rotatable bonds is 6. The van der Waals surface area contributed by atoms with Crippen LogP contribution >= 0.6 is 11.6 Å². The number of ether oxygens (including phenoxy) is 1. The third kappa shape index (κ3) is 5.86. The Bertz CT molecular complexity index is 1040. The number of likely N-dealkylation sites (tertiary alicyclic amines) is 1. The predicted molar refractivity (Wildman–Crippen MR) is 124 cm³/mol. The number of aromatic nitrogens is 1. The Balaban J connectivity index is 1.30. The van der Waals surface area contributed by atoms with Crippen LogP contribution in [0.1, 0.15) is 24.1 Å². The molecule has 4 rings (SSSR count). The third-order valence-electron chi connectivity index (χ3n) is 5.49. The zero-order valence-electron chi connectivity index (χ0n) is 17.3. The molecule has 3 aromatic rings. The molecule has 1 fully saturated rings. The Morgan fingerprint density at radius 2 is 1.77 bits per heavy atom. The second-order valence-electron chi connectivity index (χ2n) is 7.58. The average Bonchev–Trinajstić information content (AvgIpc) is 3.27. The molecule has 2 heterocycles. The lowest BCUT2D eigenvalue weighted by molar-refractivity contribution is 0.139. The summed E-state index contributed by atoms with van der Waals surface area (Å²) in [6.45, 7) is 2.72. The van der Waals surface area contributed by atoms with Crippen LogP contribution in [0.25, 0.3) is 11.1 Å². The van der Waals surface area contributed by atoms with Gasteiger partial charge in [0.05, 0.1) is 6.61 Å². The number of aliphatic hydroxyl groups excluding tert-OH is 1. The number of aliphatic hydroxyl groups is 1. The van der Waals surface area contributed by atoms with E-state index in [-0.39, 0.29) is 12.6 Å². The maximum atomic E-state index is 9.39. The topological polar surface area (TPSA) is 45.6 Å². The van der Waals surface area contributed by atoms with E-state index in [0.29, 0.717) is 6.61 Å². The van der Waals surface area contributed by atoms with Gasteiger partial charge in [0.2, 0.25) is 0 Å². The lowest BCUT2D eigenvalue weighted by Crippen LogP contribution is -2.35. The first kappa shape index (κ1) is 21.4. The summed E-state index contributed by atoms with van der Waals surface area (Å²) in [7, 11) is 0. The van der Waals surface area contributed by atoms with E-state index in [9.17, 15) is 5.11 Å². The van der Waals surface area contributed by atoms with E-state index in [1.807, 2.05) is 66.9 Å². The van der Waals surface area contributed by atoms with Crippen LogP contribution in [0.2, 0.25) is 5.02 Å². The van der Waals surface area contributed by atoms with Crippen molar-refractivity contribution in [3.05, 3.63) is 83.1 Å². The van der Waals surface area contributed by atoms with E-state index in [1.165, 1.54) is 0 Å². The van der Waals surface area contributed by atoms with Crippen molar-refractivity contribution in [1.29, 1.82) is 0 Å². The third-order valence-corrected chi connectivity index (χ3v) is 5.74. The minimum atomic E-state index is 0.228. The highest BCUT2D eigenvalue weighted by Crippen LogP contribution is 2.21. The summed E-state index contributed by atoms with van der Waals surface area (Å²) in [5.41, 5.74) is 3.74. The van der Waals surface area contributed by atoms with Crippen LogP contribution in [0.4, 0.5) is 0 Å². The van der Waals surface area contributed by atoms with Crippen molar-refractivity contribution in [2.24, 2.45) is 0 Å². The van der Waals surface area contributed by atoms with Crippen LogP contribution in [-0.2, 0) is 0 Å². The molecule has 1 unspecified atom stereocenters. The Labute approximate surface area is 188 Å². The lowest BCUT2D eigenvalue weighted by atomic mass is 10.1. The summed E-state index contributed by atoms with van der Waals surface area (Å²) >= 11 is 5.94. The number of hydrogen-bond acceptors (Lipinski definition) is 4. The van der Waals surface area contributed by atoms with E-state index in [0.717, 1.165) is 59.1 Å². The summed E-state index contributed by atoms with van der Waals surface area (Å²) in [4.78, 5) is 6.74.